The summed E-state index contributed by atoms with van der Waals surface area (Å²) in [6.07, 6.45) is 0.941. The molecule has 0 radical (unpaired) electrons. The topological polar surface area (TPSA) is 55.6 Å². The van der Waals surface area contributed by atoms with Crippen molar-refractivity contribution in [2.45, 2.75) is 39.2 Å². The highest BCUT2D eigenvalue weighted by Gasteiger charge is 2.24. The van der Waals surface area contributed by atoms with E-state index in [1.807, 2.05) is 20.8 Å². The van der Waals surface area contributed by atoms with E-state index in [9.17, 15) is 4.79 Å². The van der Waals surface area contributed by atoms with Gasteiger partial charge in [-0.05, 0) is 20.8 Å². The molecule has 0 aliphatic carbocycles. The molecule has 0 spiro atoms. The number of thiocarbonyl (C=S) groups is 1. The number of hydrogen-bond acceptors (Lipinski definition) is 3. The minimum atomic E-state index is -0.423. The summed E-state index contributed by atoms with van der Waals surface area (Å²) in [5.41, 5.74) is 4.99. The second-order valence-corrected chi connectivity index (χ2v) is 4.85. The Morgan fingerprint density at radius 2 is 2.06 bits per heavy atom. The van der Waals surface area contributed by atoms with Gasteiger partial charge in [-0.3, -0.25) is 4.79 Å². The molecule has 5 heteroatoms. The SMILES string of the molecule is CCN(CCC(N)=S)C(=O)CC(C)(C)OC. The van der Waals surface area contributed by atoms with Crippen molar-refractivity contribution >= 4 is 23.1 Å². The van der Waals surface area contributed by atoms with Crippen molar-refractivity contribution < 1.29 is 9.53 Å². The largest absolute Gasteiger partial charge is 0.393 e. The van der Waals surface area contributed by atoms with Gasteiger partial charge in [0.05, 0.1) is 17.0 Å². The van der Waals surface area contributed by atoms with Gasteiger partial charge in [0.1, 0.15) is 0 Å². The van der Waals surface area contributed by atoms with Gasteiger partial charge in [-0.2, -0.15) is 0 Å². The number of hydrogen-bond donors (Lipinski definition) is 1. The predicted molar refractivity (Wildman–Crippen MR) is 69.4 cm³/mol. The van der Waals surface area contributed by atoms with Gasteiger partial charge < -0.3 is 15.4 Å². The van der Waals surface area contributed by atoms with Gasteiger partial charge >= 0.3 is 0 Å². The molecule has 0 aliphatic rings. The summed E-state index contributed by atoms with van der Waals surface area (Å²) in [6, 6.07) is 0. The minimum Gasteiger partial charge on any atom is -0.393 e. The summed E-state index contributed by atoms with van der Waals surface area (Å²) in [5, 5.41) is 0. The number of nitrogens with two attached hydrogens (primary N) is 1. The monoisotopic (exact) mass is 246 g/mol. The van der Waals surface area contributed by atoms with Crippen LogP contribution in [0.1, 0.15) is 33.6 Å². The fourth-order valence-electron chi connectivity index (χ4n) is 1.25. The second-order valence-electron chi connectivity index (χ2n) is 4.33. The second kappa shape index (κ2) is 6.81. The molecule has 0 aromatic rings. The normalized spacial score (nSPS) is 11.2. The lowest BCUT2D eigenvalue weighted by Gasteiger charge is -2.27. The third-order valence-corrected chi connectivity index (χ3v) is 2.70. The van der Waals surface area contributed by atoms with E-state index in [0.29, 0.717) is 30.9 Å². The molecule has 0 atom stereocenters. The molecule has 94 valence electrons. The molecule has 16 heavy (non-hydrogen) atoms. The standard InChI is InChI=1S/C11H22N2O2S/c1-5-13(7-6-9(12)16)10(14)8-11(2,3)15-4/h5-8H2,1-4H3,(H2,12,16). The van der Waals surface area contributed by atoms with Crippen molar-refractivity contribution in [2.24, 2.45) is 5.73 Å². The van der Waals surface area contributed by atoms with E-state index >= 15 is 0 Å². The highest BCUT2D eigenvalue weighted by molar-refractivity contribution is 7.80. The van der Waals surface area contributed by atoms with Crippen molar-refractivity contribution in [1.82, 2.24) is 4.90 Å². The lowest BCUT2D eigenvalue weighted by atomic mass is 10.0. The first-order chi connectivity index (χ1) is 7.32. The average molecular weight is 246 g/mol. The molecule has 0 aromatic heterocycles. The van der Waals surface area contributed by atoms with Crippen LogP contribution in [0.5, 0.6) is 0 Å². The van der Waals surface area contributed by atoms with Crippen LogP contribution in [-0.2, 0) is 9.53 Å². The molecular weight excluding hydrogens is 224 g/mol. The van der Waals surface area contributed by atoms with Crippen LogP contribution in [-0.4, -0.2) is 41.6 Å². The zero-order chi connectivity index (χ0) is 12.8. The van der Waals surface area contributed by atoms with E-state index in [2.05, 4.69) is 0 Å². The van der Waals surface area contributed by atoms with Crippen LogP contribution in [0.4, 0.5) is 0 Å². The zero-order valence-electron chi connectivity index (χ0n) is 10.6. The highest BCUT2D eigenvalue weighted by atomic mass is 32.1. The Bertz CT molecular complexity index is 254. The zero-order valence-corrected chi connectivity index (χ0v) is 11.4. The van der Waals surface area contributed by atoms with Crippen LogP contribution in [0.15, 0.2) is 0 Å². The first-order valence-electron chi connectivity index (χ1n) is 5.43. The third-order valence-electron chi connectivity index (χ3n) is 2.49. The van der Waals surface area contributed by atoms with Gasteiger partial charge in [0, 0.05) is 26.6 Å². The fourth-order valence-corrected chi connectivity index (χ4v) is 1.34. The number of carbonyl (C=O) groups is 1. The number of amides is 1. The summed E-state index contributed by atoms with van der Waals surface area (Å²) >= 11 is 4.80. The molecule has 0 rings (SSSR count). The number of methoxy groups -OCH3 is 1. The van der Waals surface area contributed by atoms with Crippen LogP contribution in [0.2, 0.25) is 0 Å². The first-order valence-corrected chi connectivity index (χ1v) is 5.84. The molecular formula is C11H22N2O2S. The summed E-state index contributed by atoms with van der Waals surface area (Å²) < 4.78 is 5.23. The minimum absolute atomic E-state index is 0.0746. The average Bonchev–Trinajstić information content (AvgIpc) is 2.17. The summed E-state index contributed by atoms with van der Waals surface area (Å²) in [5.74, 6) is 0.0746. The maximum Gasteiger partial charge on any atom is 0.225 e. The third kappa shape index (κ3) is 6.02. The number of ether oxygens (including phenoxy) is 1. The Hall–Kier alpha value is -0.680. The Morgan fingerprint density at radius 3 is 2.44 bits per heavy atom. The van der Waals surface area contributed by atoms with Gasteiger partial charge in [0.2, 0.25) is 5.91 Å². The molecule has 4 nitrogen and oxygen atoms in total. The molecule has 0 heterocycles. The maximum absolute atomic E-state index is 11.9. The maximum atomic E-state index is 11.9. The van der Waals surface area contributed by atoms with Crippen LogP contribution >= 0.6 is 12.2 Å². The molecule has 0 fully saturated rings. The quantitative estimate of drug-likeness (QED) is 0.689. The fraction of sp³-hybridized carbons (Fsp3) is 0.818. The van der Waals surface area contributed by atoms with Gasteiger partial charge in [-0.1, -0.05) is 12.2 Å². The molecule has 0 aromatic carbocycles. The van der Waals surface area contributed by atoms with Gasteiger partial charge in [0.15, 0.2) is 0 Å². The van der Waals surface area contributed by atoms with E-state index in [0.717, 1.165) is 0 Å². The molecule has 1 amide bonds. The Labute approximate surface area is 103 Å². The molecule has 0 aliphatic heterocycles. The highest BCUT2D eigenvalue weighted by Crippen LogP contribution is 2.14. The number of carbonyl (C=O) groups excluding carboxylic acids is 1. The Morgan fingerprint density at radius 1 is 1.50 bits per heavy atom. The van der Waals surface area contributed by atoms with Gasteiger partial charge in [-0.25, -0.2) is 0 Å². The van der Waals surface area contributed by atoms with Crippen molar-refractivity contribution in [2.75, 3.05) is 20.2 Å². The van der Waals surface area contributed by atoms with Crippen molar-refractivity contribution in [3.63, 3.8) is 0 Å². The summed E-state index contributed by atoms with van der Waals surface area (Å²) in [6.45, 7) is 6.99. The summed E-state index contributed by atoms with van der Waals surface area (Å²) in [7, 11) is 1.61. The van der Waals surface area contributed by atoms with E-state index in [1.54, 1.807) is 12.0 Å². The summed E-state index contributed by atoms with van der Waals surface area (Å²) in [4.78, 5) is 14.1. The first kappa shape index (κ1) is 15.3. The van der Waals surface area contributed by atoms with Gasteiger partial charge in [-0.15, -0.1) is 0 Å². The van der Waals surface area contributed by atoms with Crippen molar-refractivity contribution in [3.8, 4) is 0 Å². The van der Waals surface area contributed by atoms with Crippen LogP contribution in [0.25, 0.3) is 0 Å². The van der Waals surface area contributed by atoms with Gasteiger partial charge in [0.25, 0.3) is 0 Å². The molecule has 0 bridgehead atoms. The number of nitrogens with zero attached hydrogens (tertiary/aromatic N) is 1. The van der Waals surface area contributed by atoms with Crippen LogP contribution < -0.4 is 5.73 Å². The van der Waals surface area contributed by atoms with Crippen molar-refractivity contribution in [1.29, 1.82) is 0 Å². The number of rotatable bonds is 7. The molecule has 2 N–H and O–H groups in total. The van der Waals surface area contributed by atoms with Crippen molar-refractivity contribution in [3.05, 3.63) is 0 Å². The smallest absolute Gasteiger partial charge is 0.225 e. The Balaban J connectivity index is 4.26. The lowest BCUT2D eigenvalue weighted by molar-refractivity contribution is -0.136. The molecule has 0 saturated carbocycles. The van der Waals surface area contributed by atoms with E-state index in [1.165, 1.54) is 0 Å². The van der Waals surface area contributed by atoms with E-state index in [4.69, 9.17) is 22.7 Å². The van der Waals surface area contributed by atoms with E-state index in [-0.39, 0.29) is 5.91 Å². The molecule has 0 unspecified atom stereocenters. The molecule has 0 saturated heterocycles. The lowest BCUT2D eigenvalue weighted by Crippen LogP contribution is -2.38. The van der Waals surface area contributed by atoms with E-state index < -0.39 is 5.60 Å². The predicted octanol–water partition coefficient (Wildman–Crippen LogP) is 1.33. The van der Waals surface area contributed by atoms with Crippen LogP contribution in [0, 0.1) is 0 Å². The Kier molecular flexibility index (Phi) is 6.52. The van der Waals surface area contributed by atoms with Crippen LogP contribution in [0.3, 0.4) is 0 Å².